The van der Waals surface area contributed by atoms with Crippen LogP contribution >= 0.6 is 11.8 Å². The molecule has 0 bridgehead atoms. The van der Waals surface area contributed by atoms with E-state index in [1.807, 2.05) is 6.21 Å². The van der Waals surface area contributed by atoms with E-state index in [0.29, 0.717) is 0 Å². The SMILES string of the molecule is Cc1ccc(CSc2nncn2/N=C/c2ccc(C(C)(C)C)cc2)cc1. The minimum Gasteiger partial charge on any atom is -0.195 e. The van der Waals surface area contributed by atoms with Gasteiger partial charge in [-0.05, 0) is 29.0 Å². The van der Waals surface area contributed by atoms with Gasteiger partial charge in [0.2, 0.25) is 5.16 Å². The predicted octanol–water partition coefficient (Wildman–Crippen LogP) is 5.06. The van der Waals surface area contributed by atoms with Crippen molar-refractivity contribution >= 4 is 18.0 Å². The second kappa shape index (κ2) is 7.87. The van der Waals surface area contributed by atoms with Crippen molar-refractivity contribution < 1.29 is 0 Å². The van der Waals surface area contributed by atoms with Crippen LogP contribution in [0.5, 0.6) is 0 Å². The Balaban J connectivity index is 1.66. The minimum absolute atomic E-state index is 0.156. The highest BCUT2D eigenvalue weighted by Crippen LogP contribution is 2.22. The van der Waals surface area contributed by atoms with E-state index >= 15 is 0 Å². The molecule has 0 aliphatic carbocycles. The average molecular weight is 365 g/mol. The van der Waals surface area contributed by atoms with Gasteiger partial charge in [0.1, 0.15) is 6.33 Å². The molecule has 0 radical (unpaired) electrons. The topological polar surface area (TPSA) is 43.1 Å². The van der Waals surface area contributed by atoms with Crippen LogP contribution in [0.1, 0.15) is 43.0 Å². The van der Waals surface area contributed by atoms with Crippen molar-refractivity contribution in [3.8, 4) is 0 Å². The first kappa shape index (κ1) is 18.4. The lowest BCUT2D eigenvalue weighted by molar-refractivity contribution is 0.590. The summed E-state index contributed by atoms with van der Waals surface area (Å²) in [4.78, 5) is 0. The molecule has 0 amide bonds. The van der Waals surface area contributed by atoms with Crippen molar-refractivity contribution in [1.82, 2.24) is 14.9 Å². The molecule has 5 heteroatoms. The average Bonchev–Trinajstić information content (AvgIpc) is 3.06. The number of rotatable bonds is 5. The summed E-state index contributed by atoms with van der Waals surface area (Å²) in [6, 6.07) is 17.0. The van der Waals surface area contributed by atoms with Gasteiger partial charge in [0.05, 0.1) is 6.21 Å². The number of aryl methyl sites for hydroxylation is 1. The molecular weight excluding hydrogens is 340 g/mol. The molecule has 0 atom stereocenters. The van der Waals surface area contributed by atoms with Gasteiger partial charge < -0.3 is 0 Å². The molecule has 3 aromatic rings. The first-order valence-electron chi connectivity index (χ1n) is 8.65. The Kier molecular flexibility index (Phi) is 5.57. The third kappa shape index (κ3) is 4.82. The third-order valence-corrected chi connectivity index (χ3v) is 5.10. The zero-order chi connectivity index (χ0) is 18.6. The molecule has 0 spiro atoms. The van der Waals surface area contributed by atoms with Gasteiger partial charge in [0.25, 0.3) is 0 Å². The van der Waals surface area contributed by atoms with Crippen LogP contribution in [-0.2, 0) is 11.2 Å². The van der Waals surface area contributed by atoms with Gasteiger partial charge in [-0.15, -0.1) is 10.2 Å². The molecule has 1 heterocycles. The van der Waals surface area contributed by atoms with E-state index in [4.69, 9.17) is 0 Å². The molecule has 0 saturated heterocycles. The van der Waals surface area contributed by atoms with Gasteiger partial charge in [0, 0.05) is 5.75 Å². The fourth-order valence-electron chi connectivity index (χ4n) is 2.42. The Bertz CT molecular complexity index is 872. The van der Waals surface area contributed by atoms with Crippen molar-refractivity contribution in [2.24, 2.45) is 5.10 Å². The summed E-state index contributed by atoms with van der Waals surface area (Å²) in [5.74, 6) is 0.842. The molecule has 2 aromatic carbocycles. The van der Waals surface area contributed by atoms with Crippen LogP contribution in [0.4, 0.5) is 0 Å². The Labute approximate surface area is 159 Å². The number of benzene rings is 2. The smallest absolute Gasteiger partial charge is 0.195 e. The van der Waals surface area contributed by atoms with Gasteiger partial charge in [-0.3, -0.25) is 0 Å². The van der Waals surface area contributed by atoms with Crippen molar-refractivity contribution in [3.05, 3.63) is 77.1 Å². The quantitative estimate of drug-likeness (QED) is 0.469. The minimum atomic E-state index is 0.156. The lowest BCUT2D eigenvalue weighted by atomic mass is 9.87. The molecule has 0 N–H and O–H groups in total. The summed E-state index contributed by atoms with van der Waals surface area (Å²) in [7, 11) is 0. The highest BCUT2D eigenvalue weighted by atomic mass is 32.2. The van der Waals surface area contributed by atoms with Gasteiger partial charge in [-0.2, -0.15) is 9.78 Å². The molecular formula is C21H24N4S. The van der Waals surface area contributed by atoms with E-state index in [-0.39, 0.29) is 5.41 Å². The van der Waals surface area contributed by atoms with E-state index in [9.17, 15) is 0 Å². The van der Waals surface area contributed by atoms with E-state index in [1.165, 1.54) is 16.7 Å². The molecule has 26 heavy (non-hydrogen) atoms. The van der Waals surface area contributed by atoms with Crippen LogP contribution in [0.15, 0.2) is 65.1 Å². The normalized spacial score (nSPS) is 12.0. The maximum Gasteiger partial charge on any atom is 0.212 e. The second-order valence-corrected chi connectivity index (χ2v) is 8.29. The monoisotopic (exact) mass is 364 g/mol. The molecule has 4 nitrogen and oxygen atoms in total. The number of thioether (sulfide) groups is 1. The van der Waals surface area contributed by atoms with Gasteiger partial charge in [0.15, 0.2) is 0 Å². The molecule has 0 fully saturated rings. The Morgan fingerprint density at radius 1 is 1.04 bits per heavy atom. The number of hydrogen-bond donors (Lipinski definition) is 0. The lowest BCUT2D eigenvalue weighted by Crippen LogP contribution is -2.10. The fraction of sp³-hybridized carbons (Fsp3) is 0.286. The summed E-state index contributed by atoms with van der Waals surface area (Å²) in [5.41, 5.74) is 5.05. The molecule has 134 valence electrons. The summed E-state index contributed by atoms with van der Waals surface area (Å²) in [6.45, 7) is 8.73. The molecule has 0 saturated carbocycles. The van der Waals surface area contributed by atoms with Gasteiger partial charge >= 0.3 is 0 Å². The standard InChI is InChI=1S/C21H24N4S/c1-16-5-7-18(8-6-16)14-26-20-24-22-15-25(20)23-13-17-9-11-19(12-10-17)21(2,3)4/h5-13,15H,14H2,1-4H3/b23-13+. The third-order valence-electron chi connectivity index (χ3n) is 4.10. The summed E-state index contributed by atoms with van der Waals surface area (Å²) in [6.07, 6.45) is 3.48. The van der Waals surface area contributed by atoms with Crippen LogP contribution in [0, 0.1) is 6.92 Å². The van der Waals surface area contributed by atoms with Crippen molar-refractivity contribution in [2.45, 2.75) is 44.0 Å². The van der Waals surface area contributed by atoms with Crippen molar-refractivity contribution in [1.29, 1.82) is 0 Å². The maximum atomic E-state index is 4.50. The van der Waals surface area contributed by atoms with E-state index in [0.717, 1.165) is 16.5 Å². The summed E-state index contributed by atoms with van der Waals surface area (Å²) in [5, 5.41) is 13.4. The molecule has 3 rings (SSSR count). The summed E-state index contributed by atoms with van der Waals surface area (Å²) >= 11 is 1.63. The Morgan fingerprint density at radius 2 is 1.73 bits per heavy atom. The van der Waals surface area contributed by atoms with Crippen molar-refractivity contribution in [2.75, 3.05) is 0 Å². The fourth-order valence-corrected chi connectivity index (χ4v) is 3.24. The van der Waals surface area contributed by atoms with E-state index in [1.54, 1.807) is 22.8 Å². The molecule has 1 aromatic heterocycles. The second-order valence-electron chi connectivity index (χ2n) is 7.35. The highest BCUT2D eigenvalue weighted by Gasteiger charge is 2.12. The Morgan fingerprint density at radius 3 is 2.38 bits per heavy atom. The van der Waals surface area contributed by atoms with E-state index < -0.39 is 0 Å². The lowest BCUT2D eigenvalue weighted by Gasteiger charge is -2.18. The van der Waals surface area contributed by atoms with E-state index in [2.05, 4.69) is 91.5 Å². The first-order chi connectivity index (χ1) is 12.4. The van der Waals surface area contributed by atoms with Gasteiger partial charge in [-0.1, -0.05) is 86.6 Å². The number of nitrogens with zero attached hydrogens (tertiary/aromatic N) is 4. The summed E-state index contributed by atoms with van der Waals surface area (Å²) < 4.78 is 1.72. The molecule has 0 aliphatic rings. The number of hydrogen-bond acceptors (Lipinski definition) is 4. The molecule has 0 unspecified atom stereocenters. The zero-order valence-electron chi connectivity index (χ0n) is 15.7. The number of aromatic nitrogens is 3. The highest BCUT2D eigenvalue weighted by molar-refractivity contribution is 7.98. The first-order valence-corrected chi connectivity index (χ1v) is 9.64. The Hall–Kier alpha value is -2.40. The van der Waals surface area contributed by atoms with Crippen LogP contribution in [-0.4, -0.2) is 21.1 Å². The van der Waals surface area contributed by atoms with Crippen LogP contribution in [0.2, 0.25) is 0 Å². The van der Waals surface area contributed by atoms with Gasteiger partial charge in [-0.25, -0.2) is 0 Å². The van der Waals surface area contributed by atoms with Crippen LogP contribution in [0.25, 0.3) is 0 Å². The largest absolute Gasteiger partial charge is 0.212 e. The van der Waals surface area contributed by atoms with Crippen molar-refractivity contribution in [3.63, 3.8) is 0 Å². The predicted molar refractivity (Wildman–Crippen MR) is 109 cm³/mol. The maximum absolute atomic E-state index is 4.50. The van der Waals surface area contributed by atoms with Crippen LogP contribution < -0.4 is 0 Å². The van der Waals surface area contributed by atoms with Crippen LogP contribution in [0.3, 0.4) is 0 Å². The zero-order valence-corrected chi connectivity index (χ0v) is 16.5. The molecule has 0 aliphatic heterocycles.